The normalized spacial score (nSPS) is 17.4. The van der Waals surface area contributed by atoms with Crippen LogP contribution in [-0.2, 0) is 11.3 Å². The summed E-state index contributed by atoms with van der Waals surface area (Å²) < 4.78 is 0. The number of nitrogens with zero attached hydrogens (tertiary/aromatic N) is 1. The number of hydrogen-bond acceptors (Lipinski definition) is 3. The number of nitrogens with one attached hydrogen (secondary N) is 2. The number of likely N-dealkylation sites (tertiary alicyclic amines) is 1. The molecule has 1 saturated heterocycles. The van der Waals surface area contributed by atoms with Crippen LogP contribution in [0.25, 0.3) is 0 Å². The first-order chi connectivity index (χ1) is 9.17. The molecule has 0 aliphatic carbocycles. The van der Waals surface area contributed by atoms with Crippen molar-refractivity contribution in [3.05, 3.63) is 29.8 Å². The van der Waals surface area contributed by atoms with Gasteiger partial charge in [-0.05, 0) is 50.7 Å². The summed E-state index contributed by atoms with van der Waals surface area (Å²) in [7, 11) is 2.04. The topological polar surface area (TPSA) is 44.4 Å². The molecule has 0 bridgehead atoms. The number of rotatable bonds is 4. The minimum Gasteiger partial charge on any atom is -0.326 e. The molecule has 0 atom stereocenters. The van der Waals surface area contributed by atoms with E-state index in [0.717, 1.165) is 25.3 Å². The molecule has 2 N–H and O–H groups in total. The number of piperidine rings is 1. The van der Waals surface area contributed by atoms with Crippen molar-refractivity contribution in [1.29, 1.82) is 0 Å². The van der Waals surface area contributed by atoms with Crippen LogP contribution < -0.4 is 10.6 Å². The Morgan fingerprint density at radius 1 is 1.26 bits per heavy atom. The van der Waals surface area contributed by atoms with Crippen LogP contribution in [0, 0.1) is 0 Å². The second-order valence-electron chi connectivity index (χ2n) is 5.22. The third-order valence-electron chi connectivity index (χ3n) is 3.68. The van der Waals surface area contributed by atoms with E-state index < -0.39 is 0 Å². The monoisotopic (exact) mass is 261 g/mol. The van der Waals surface area contributed by atoms with E-state index >= 15 is 0 Å². The van der Waals surface area contributed by atoms with Crippen molar-refractivity contribution in [1.82, 2.24) is 10.2 Å². The van der Waals surface area contributed by atoms with Crippen LogP contribution in [-0.4, -0.2) is 37.0 Å². The summed E-state index contributed by atoms with van der Waals surface area (Å²) in [4.78, 5) is 13.4. The van der Waals surface area contributed by atoms with Crippen LogP contribution in [0.15, 0.2) is 24.3 Å². The number of benzene rings is 1. The van der Waals surface area contributed by atoms with Gasteiger partial charge >= 0.3 is 0 Å². The Labute approximate surface area is 115 Å². The van der Waals surface area contributed by atoms with Crippen molar-refractivity contribution in [2.75, 3.05) is 25.5 Å². The molecule has 1 aromatic rings. The van der Waals surface area contributed by atoms with Crippen molar-refractivity contribution in [2.24, 2.45) is 0 Å². The zero-order chi connectivity index (χ0) is 13.7. The SMILES string of the molecule is CNC1CCN(Cc2ccc(NC(C)=O)cc2)CC1. The molecule has 0 spiro atoms. The fourth-order valence-corrected chi connectivity index (χ4v) is 2.53. The fourth-order valence-electron chi connectivity index (χ4n) is 2.53. The van der Waals surface area contributed by atoms with E-state index in [2.05, 4.69) is 27.7 Å². The van der Waals surface area contributed by atoms with Gasteiger partial charge in [-0.3, -0.25) is 9.69 Å². The molecule has 1 aromatic carbocycles. The lowest BCUT2D eigenvalue weighted by Gasteiger charge is -2.31. The fraction of sp³-hybridized carbons (Fsp3) is 0.533. The van der Waals surface area contributed by atoms with E-state index in [9.17, 15) is 4.79 Å². The molecule has 4 heteroatoms. The molecule has 0 saturated carbocycles. The summed E-state index contributed by atoms with van der Waals surface area (Å²) in [5, 5.41) is 6.14. The van der Waals surface area contributed by atoms with Gasteiger partial charge in [0.25, 0.3) is 0 Å². The summed E-state index contributed by atoms with van der Waals surface area (Å²) in [6, 6.07) is 8.80. The zero-order valence-corrected chi connectivity index (χ0v) is 11.8. The van der Waals surface area contributed by atoms with Crippen LogP contribution in [0.3, 0.4) is 0 Å². The molecule has 4 nitrogen and oxygen atoms in total. The van der Waals surface area contributed by atoms with Gasteiger partial charge in [-0.2, -0.15) is 0 Å². The number of carbonyl (C=O) groups is 1. The first kappa shape index (κ1) is 14.0. The molecular formula is C15H23N3O. The maximum absolute atomic E-state index is 10.9. The molecule has 104 valence electrons. The quantitative estimate of drug-likeness (QED) is 0.869. The lowest BCUT2D eigenvalue weighted by Crippen LogP contribution is -2.40. The molecule has 1 aliphatic rings. The predicted molar refractivity (Wildman–Crippen MR) is 78.1 cm³/mol. The Kier molecular flexibility index (Phi) is 4.93. The molecular weight excluding hydrogens is 238 g/mol. The van der Waals surface area contributed by atoms with E-state index in [4.69, 9.17) is 0 Å². The predicted octanol–water partition coefficient (Wildman–Crippen LogP) is 1.83. The molecule has 1 amide bonds. The Hall–Kier alpha value is -1.39. The van der Waals surface area contributed by atoms with Crippen LogP contribution in [0.5, 0.6) is 0 Å². The highest BCUT2D eigenvalue weighted by Crippen LogP contribution is 2.15. The van der Waals surface area contributed by atoms with Crippen molar-refractivity contribution in [3.63, 3.8) is 0 Å². The van der Waals surface area contributed by atoms with Gasteiger partial charge < -0.3 is 10.6 Å². The minimum absolute atomic E-state index is 0.0260. The third kappa shape index (κ3) is 4.33. The van der Waals surface area contributed by atoms with Gasteiger partial charge in [-0.25, -0.2) is 0 Å². The van der Waals surface area contributed by atoms with Gasteiger partial charge in [0, 0.05) is 25.2 Å². The van der Waals surface area contributed by atoms with Gasteiger partial charge in [0.1, 0.15) is 0 Å². The highest BCUT2D eigenvalue weighted by molar-refractivity contribution is 5.88. The first-order valence-corrected chi connectivity index (χ1v) is 6.93. The summed E-state index contributed by atoms with van der Waals surface area (Å²) >= 11 is 0. The maximum atomic E-state index is 10.9. The Morgan fingerprint density at radius 2 is 1.89 bits per heavy atom. The highest BCUT2D eigenvalue weighted by Gasteiger charge is 2.17. The number of hydrogen-bond donors (Lipinski definition) is 2. The van der Waals surface area contributed by atoms with E-state index in [1.807, 2.05) is 19.2 Å². The largest absolute Gasteiger partial charge is 0.326 e. The summed E-state index contributed by atoms with van der Waals surface area (Å²) in [5.74, 6) is -0.0260. The molecule has 0 aromatic heterocycles. The molecule has 0 unspecified atom stereocenters. The molecule has 19 heavy (non-hydrogen) atoms. The standard InChI is InChI=1S/C15H23N3O/c1-12(19)17-15-5-3-13(4-6-15)11-18-9-7-14(16-2)8-10-18/h3-6,14,16H,7-11H2,1-2H3,(H,17,19). The lowest BCUT2D eigenvalue weighted by molar-refractivity contribution is -0.114. The van der Waals surface area contributed by atoms with E-state index in [1.165, 1.54) is 25.3 Å². The first-order valence-electron chi connectivity index (χ1n) is 6.93. The number of anilines is 1. The number of carbonyl (C=O) groups excluding carboxylic acids is 1. The molecule has 1 heterocycles. The zero-order valence-electron chi connectivity index (χ0n) is 11.8. The summed E-state index contributed by atoms with van der Waals surface area (Å²) in [5.41, 5.74) is 2.17. The Bertz CT molecular complexity index is 408. The van der Waals surface area contributed by atoms with Gasteiger partial charge in [0.15, 0.2) is 0 Å². The van der Waals surface area contributed by atoms with Crippen LogP contribution >= 0.6 is 0 Å². The lowest BCUT2D eigenvalue weighted by atomic mass is 10.0. The second kappa shape index (κ2) is 6.68. The highest BCUT2D eigenvalue weighted by atomic mass is 16.1. The number of amides is 1. The second-order valence-corrected chi connectivity index (χ2v) is 5.22. The van der Waals surface area contributed by atoms with Crippen molar-refractivity contribution < 1.29 is 4.79 Å². The smallest absolute Gasteiger partial charge is 0.221 e. The molecule has 1 fully saturated rings. The minimum atomic E-state index is -0.0260. The molecule has 2 rings (SSSR count). The Balaban J connectivity index is 1.84. The maximum Gasteiger partial charge on any atom is 0.221 e. The van der Waals surface area contributed by atoms with Crippen molar-refractivity contribution in [2.45, 2.75) is 32.4 Å². The van der Waals surface area contributed by atoms with Crippen LogP contribution in [0.4, 0.5) is 5.69 Å². The summed E-state index contributed by atoms with van der Waals surface area (Å²) in [6.07, 6.45) is 2.45. The van der Waals surface area contributed by atoms with Crippen molar-refractivity contribution >= 4 is 11.6 Å². The molecule has 1 aliphatic heterocycles. The van der Waals surface area contributed by atoms with Crippen LogP contribution in [0.2, 0.25) is 0 Å². The summed E-state index contributed by atoms with van der Waals surface area (Å²) in [6.45, 7) is 4.83. The van der Waals surface area contributed by atoms with Gasteiger partial charge in [-0.1, -0.05) is 12.1 Å². The van der Waals surface area contributed by atoms with E-state index in [-0.39, 0.29) is 5.91 Å². The van der Waals surface area contributed by atoms with Crippen molar-refractivity contribution in [3.8, 4) is 0 Å². The Morgan fingerprint density at radius 3 is 2.42 bits per heavy atom. The third-order valence-corrected chi connectivity index (χ3v) is 3.68. The van der Waals surface area contributed by atoms with Gasteiger partial charge in [-0.15, -0.1) is 0 Å². The van der Waals surface area contributed by atoms with E-state index in [1.54, 1.807) is 0 Å². The van der Waals surface area contributed by atoms with E-state index in [0.29, 0.717) is 6.04 Å². The van der Waals surface area contributed by atoms with Gasteiger partial charge in [0.2, 0.25) is 5.91 Å². The van der Waals surface area contributed by atoms with Crippen LogP contribution in [0.1, 0.15) is 25.3 Å². The van der Waals surface area contributed by atoms with Gasteiger partial charge in [0.05, 0.1) is 0 Å². The average molecular weight is 261 g/mol. The molecule has 0 radical (unpaired) electrons. The average Bonchev–Trinajstić information content (AvgIpc) is 2.41.